The van der Waals surface area contributed by atoms with E-state index >= 15 is 0 Å². The second-order valence-corrected chi connectivity index (χ2v) is 6.72. The van der Waals surface area contributed by atoms with E-state index in [0.717, 1.165) is 46.5 Å². The standard InChI is InChI=1S/C17H26BrN3O2/c1-12-5-7-21(8-6-12)17(19-2)20-11-13-9-15(22-3)16(23-4)10-14(13)18/h9-10,12H,5-8,11H2,1-4H3,(H,19,20). The molecule has 2 rings (SSSR count). The second kappa shape index (κ2) is 8.43. The van der Waals surface area contributed by atoms with Gasteiger partial charge in [0.25, 0.3) is 0 Å². The maximum atomic E-state index is 5.38. The van der Waals surface area contributed by atoms with E-state index in [2.05, 4.69) is 38.1 Å². The Morgan fingerprint density at radius 3 is 2.43 bits per heavy atom. The Morgan fingerprint density at radius 1 is 1.26 bits per heavy atom. The summed E-state index contributed by atoms with van der Waals surface area (Å²) in [6.07, 6.45) is 2.45. The van der Waals surface area contributed by atoms with Crippen LogP contribution in [0.1, 0.15) is 25.3 Å². The van der Waals surface area contributed by atoms with Crippen LogP contribution in [0.3, 0.4) is 0 Å². The van der Waals surface area contributed by atoms with Crippen LogP contribution in [0.15, 0.2) is 21.6 Å². The van der Waals surface area contributed by atoms with E-state index in [1.54, 1.807) is 14.2 Å². The number of aliphatic imine (C=N–C) groups is 1. The number of ether oxygens (including phenoxy) is 2. The number of guanidine groups is 1. The van der Waals surface area contributed by atoms with Gasteiger partial charge in [0.2, 0.25) is 0 Å². The average Bonchev–Trinajstić information content (AvgIpc) is 2.57. The molecule has 1 fully saturated rings. The molecular formula is C17H26BrN3O2. The fraction of sp³-hybridized carbons (Fsp3) is 0.588. The van der Waals surface area contributed by atoms with Crippen molar-refractivity contribution >= 4 is 21.9 Å². The molecule has 0 saturated carbocycles. The number of nitrogens with zero attached hydrogens (tertiary/aromatic N) is 2. The normalized spacial score (nSPS) is 16.4. The van der Waals surface area contributed by atoms with Gasteiger partial charge in [-0.05, 0) is 36.5 Å². The van der Waals surface area contributed by atoms with Crippen LogP contribution >= 0.6 is 15.9 Å². The molecular weight excluding hydrogens is 358 g/mol. The molecule has 1 aromatic carbocycles. The maximum absolute atomic E-state index is 5.38. The number of likely N-dealkylation sites (tertiary alicyclic amines) is 1. The summed E-state index contributed by atoms with van der Waals surface area (Å²) in [5, 5.41) is 3.45. The Kier molecular flexibility index (Phi) is 6.57. The van der Waals surface area contributed by atoms with Crippen LogP contribution in [0.2, 0.25) is 0 Å². The lowest BCUT2D eigenvalue weighted by atomic mass is 9.99. The first-order chi connectivity index (χ1) is 11.1. The lowest BCUT2D eigenvalue weighted by Gasteiger charge is -2.33. The Hall–Kier alpha value is -1.43. The van der Waals surface area contributed by atoms with Crippen molar-refractivity contribution in [3.05, 3.63) is 22.2 Å². The monoisotopic (exact) mass is 383 g/mol. The Balaban J connectivity index is 2.04. The van der Waals surface area contributed by atoms with Crippen LogP contribution in [0.5, 0.6) is 11.5 Å². The van der Waals surface area contributed by atoms with Crippen molar-refractivity contribution < 1.29 is 9.47 Å². The van der Waals surface area contributed by atoms with Gasteiger partial charge >= 0.3 is 0 Å². The highest BCUT2D eigenvalue weighted by molar-refractivity contribution is 9.10. The van der Waals surface area contributed by atoms with Crippen molar-refractivity contribution in [2.75, 3.05) is 34.4 Å². The molecule has 0 spiro atoms. The van der Waals surface area contributed by atoms with Gasteiger partial charge < -0.3 is 19.7 Å². The molecule has 0 aromatic heterocycles. The summed E-state index contributed by atoms with van der Waals surface area (Å²) in [4.78, 5) is 6.75. The lowest BCUT2D eigenvalue weighted by molar-refractivity contribution is 0.273. The molecule has 1 aliphatic heterocycles. The molecule has 23 heavy (non-hydrogen) atoms. The van der Waals surface area contributed by atoms with E-state index < -0.39 is 0 Å². The van der Waals surface area contributed by atoms with Gasteiger partial charge in [-0.2, -0.15) is 0 Å². The number of halogens is 1. The Labute approximate surface area is 147 Å². The summed E-state index contributed by atoms with van der Waals surface area (Å²) in [6.45, 7) is 5.12. The number of nitrogens with one attached hydrogen (secondary N) is 1. The number of hydrogen-bond donors (Lipinski definition) is 1. The highest BCUT2D eigenvalue weighted by Crippen LogP contribution is 2.33. The van der Waals surface area contributed by atoms with Gasteiger partial charge in [0.15, 0.2) is 17.5 Å². The predicted molar refractivity (Wildman–Crippen MR) is 97.4 cm³/mol. The fourth-order valence-corrected chi connectivity index (χ4v) is 3.22. The number of rotatable bonds is 4. The molecule has 128 valence electrons. The van der Waals surface area contributed by atoms with Gasteiger partial charge in [-0.15, -0.1) is 0 Å². The summed E-state index contributed by atoms with van der Waals surface area (Å²) in [6, 6.07) is 3.92. The van der Waals surface area contributed by atoms with Gasteiger partial charge in [0.1, 0.15) is 0 Å². The molecule has 0 amide bonds. The molecule has 1 aromatic rings. The van der Waals surface area contributed by atoms with Crippen LogP contribution < -0.4 is 14.8 Å². The topological polar surface area (TPSA) is 46.1 Å². The van der Waals surface area contributed by atoms with Crippen LogP contribution in [0.25, 0.3) is 0 Å². The van der Waals surface area contributed by atoms with Crippen LogP contribution in [-0.4, -0.2) is 45.2 Å². The zero-order valence-electron chi connectivity index (χ0n) is 14.4. The van der Waals surface area contributed by atoms with Crippen LogP contribution in [0.4, 0.5) is 0 Å². The first-order valence-corrected chi connectivity index (χ1v) is 8.74. The number of piperidine rings is 1. The summed E-state index contributed by atoms with van der Waals surface area (Å²) in [5.74, 6) is 3.22. The highest BCUT2D eigenvalue weighted by atomic mass is 79.9. The van der Waals surface area contributed by atoms with Crippen molar-refractivity contribution in [1.29, 1.82) is 0 Å². The first kappa shape index (κ1) is 17.9. The van der Waals surface area contributed by atoms with E-state index in [1.807, 2.05) is 19.2 Å². The minimum absolute atomic E-state index is 0.680. The van der Waals surface area contributed by atoms with Crippen LogP contribution in [0, 0.1) is 5.92 Å². The highest BCUT2D eigenvalue weighted by Gasteiger charge is 2.19. The van der Waals surface area contributed by atoms with E-state index in [9.17, 15) is 0 Å². The molecule has 1 aliphatic rings. The molecule has 0 unspecified atom stereocenters. The largest absolute Gasteiger partial charge is 0.493 e. The Morgan fingerprint density at radius 2 is 1.87 bits per heavy atom. The van der Waals surface area contributed by atoms with Crippen LogP contribution in [-0.2, 0) is 6.54 Å². The molecule has 0 aliphatic carbocycles. The van der Waals surface area contributed by atoms with Gasteiger partial charge in [0, 0.05) is 31.2 Å². The molecule has 0 atom stereocenters. The molecule has 0 radical (unpaired) electrons. The zero-order valence-corrected chi connectivity index (χ0v) is 15.9. The number of methoxy groups -OCH3 is 2. The SMILES string of the molecule is CN=C(NCc1cc(OC)c(OC)cc1Br)N1CCC(C)CC1. The molecule has 1 heterocycles. The van der Waals surface area contributed by atoms with Gasteiger partial charge in [-0.25, -0.2) is 0 Å². The minimum atomic E-state index is 0.680. The molecule has 1 saturated heterocycles. The molecule has 1 N–H and O–H groups in total. The average molecular weight is 384 g/mol. The minimum Gasteiger partial charge on any atom is -0.493 e. The van der Waals surface area contributed by atoms with E-state index in [1.165, 1.54) is 12.8 Å². The van der Waals surface area contributed by atoms with E-state index in [-0.39, 0.29) is 0 Å². The van der Waals surface area contributed by atoms with Crippen molar-refractivity contribution in [1.82, 2.24) is 10.2 Å². The van der Waals surface area contributed by atoms with E-state index in [0.29, 0.717) is 6.54 Å². The fourth-order valence-electron chi connectivity index (χ4n) is 2.76. The number of hydrogen-bond acceptors (Lipinski definition) is 3. The summed E-state index contributed by atoms with van der Waals surface area (Å²) < 4.78 is 11.7. The zero-order chi connectivity index (χ0) is 16.8. The third kappa shape index (κ3) is 4.53. The third-order valence-corrected chi connectivity index (χ3v) is 5.02. The predicted octanol–water partition coefficient (Wildman–Crippen LogP) is 3.27. The quantitative estimate of drug-likeness (QED) is 0.640. The first-order valence-electron chi connectivity index (χ1n) is 7.95. The molecule has 5 nitrogen and oxygen atoms in total. The number of benzene rings is 1. The third-order valence-electron chi connectivity index (χ3n) is 4.28. The molecule has 0 bridgehead atoms. The van der Waals surface area contributed by atoms with E-state index in [4.69, 9.17) is 9.47 Å². The maximum Gasteiger partial charge on any atom is 0.193 e. The van der Waals surface area contributed by atoms with Gasteiger partial charge in [-0.3, -0.25) is 4.99 Å². The smallest absolute Gasteiger partial charge is 0.193 e. The lowest BCUT2D eigenvalue weighted by Crippen LogP contribution is -2.45. The van der Waals surface area contributed by atoms with Crippen molar-refractivity contribution in [2.24, 2.45) is 10.9 Å². The van der Waals surface area contributed by atoms with Crippen molar-refractivity contribution in [3.8, 4) is 11.5 Å². The molecule has 6 heteroatoms. The summed E-state index contributed by atoms with van der Waals surface area (Å²) in [7, 11) is 5.13. The van der Waals surface area contributed by atoms with Gasteiger partial charge in [0.05, 0.1) is 14.2 Å². The summed E-state index contributed by atoms with van der Waals surface area (Å²) >= 11 is 3.60. The Bertz CT molecular complexity index is 555. The van der Waals surface area contributed by atoms with Gasteiger partial charge in [-0.1, -0.05) is 22.9 Å². The summed E-state index contributed by atoms with van der Waals surface area (Å²) in [5.41, 5.74) is 1.11. The van der Waals surface area contributed by atoms with Crippen molar-refractivity contribution in [3.63, 3.8) is 0 Å². The second-order valence-electron chi connectivity index (χ2n) is 5.87. The van der Waals surface area contributed by atoms with Crippen molar-refractivity contribution in [2.45, 2.75) is 26.3 Å².